The Balaban J connectivity index is 1.31. The first-order valence-electron chi connectivity index (χ1n) is 17.4. The molecule has 3 heterocycles. The molecule has 3 N–H and O–H groups in total. The van der Waals surface area contributed by atoms with Gasteiger partial charge in [0.25, 0.3) is 5.91 Å². The van der Waals surface area contributed by atoms with Crippen molar-refractivity contribution in [1.82, 2.24) is 30.7 Å². The van der Waals surface area contributed by atoms with E-state index in [4.69, 9.17) is 4.74 Å². The number of aryl methyl sites for hydroxylation is 3. The Morgan fingerprint density at radius 1 is 1.08 bits per heavy atom. The molecule has 268 valence electrons. The van der Waals surface area contributed by atoms with Crippen LogP contribution in [0.5, 0.6) is 0 Å². The fourth-order valence-electron chi connectivity index (χ4n) is 7.17. The largest absolute Gasteiger partial charge is 0.466 e. The zero-order chi connectivity index (χ0) is 36.6. The van der Waals surface area contributed by atoms with E-state index in [0.29, 0.717) is 34.6 Å². The van der Waals surface area contributed by atoms with E-state index in [-0.39, 0.29) is 42.4 Å². The predicted octanol–water partition coefficient (Wildman–Crippen LogP) is 5.52. The van der Waals surface area contributed by atoms with Gasteiger partial charge in [-0.25, -0.2) is 18.4 Å². The second-order valence-electron chi connectivity index (χ2n) is 14.0. The molecular weight excluding hydrogens is 654 g/mol. The fourth-order valence-corrected chi connectivity index (χ4v) is 7.17. The quantitative estimate of drug-likeness (QED) is 0.176. The molecule has 4 aromatic rings. The van der Waals surface area contributed by atoms with Gasteiger partial charge < -0.3 is 20.7 Å². The number of benzene rings is 2. The number of halogens is 2. The summed E-state index contributed by atoms with van der Waals surface area (Å²) in [5, 5.41) is 13.8. The molecule has 6 rings (SSSR count). The van der Waals surface area contributed by atoms with Crippen molar-refractivity contribution in [3.8, 4) is 16.9 Å². The molecule has 1 aliphatic carbocycles. The number of ether oxygens (including phenoxy) is 1. The number of hydrogen-bond donors (Lipinski definition) is 3. The maximum Gasteiger partial charge on any atom is 0.311 e. The minimum atomic E-state index is -1.43. The number of nitrogens with zero attached hydrogens (tertiary/aromatic N) is 3. The van der Waals surface area contributed by atoms with Gasteiger partial charge in [-0.1, -0.05) is 19.9 Å². The summed E-state index contributed by atoms with van der Waals surface area (Å²) in [5.74, 6) is -3.02. The van der Waals surface area contributed by atoms with Crippen molar-refractivity contribution < 1.29 is 27.9 Å². The lowest BCUT2D eigenvalue weighted by Gasteiger charge is -2.27. The summed E-state index contributed by atoms with van der Waals surface area (Å²) in [6.07, 6.45) is 3.07. The molecule has 2 amide bonds. The van der Waals surface area contributed by atoms with E-state index in [1.54, 1.807) is 62.7 Å². The molecule has 2 unspecified atom stereocenters. The molecule has 0 spiro atoms. The SMILES string of the molecule is CCOC(=O)C1CC1(NC(=O)[C@H](CC(C)C)NC(=O)c1cccc(-n2cc3c(n2)CCNC3)n1)c1cc(-c2c(C)cc(F)cc2C)cc(C)c1F. The third kappa shape index (κ3) is 7.28. The molecule has 10 nitrogen and oxygen atoms in total. The van der Waals surface area contributed by atoms with Crippen molar-refractivity contribution in [3.05, 3.63) is 99.5 Å². The molecule has 0 radical (unpaired) electrons. The van der Waals surface area contributed by atoms with Crippen molar-refractivity contribution in [2.75, 3.05) is 13.2 Å². The molecule has 1 fully saturated rings. The van der Waals surface area contributed by atoms with E-state index < -0.39 is 41.1 Å². The van der Waals surface area contributed by atoms with E-state index in [0.717, 1.165) is 29.8 Å². The van der Waals surface area contributed by atoms with Crippen LogP contribution in [0.2, 0.25) is 0 Å². The van der Waals surface area contributed by atoms with Crippen molar-refractivity contribution in [2.45, 2.75) is 78.9 Å². The van der Waals surface area contributed by atoms with Gasteiger partial charge in [0.15, 0.2) is 5.82 Å². The third-order valence-electron chi connectivity index (χ3n) is 9.66. The van der Waals surface area contributed by atoms with Gasteiger partial charge in [0, 0.05) is 36.8 Å². The van der Waals surface area contributed by atoms with Crippen LogP contribution in [0.1, 0.15) is 77.6 Å². The van der Waals surface area contributed by atoms with E-state index in [9.17, 15) is 18.8 Å². The van der Waals surface area contributed by atoms with Crippen LogP contribution in [0.25, 0.3) is 16.9 Å². The number of aromatic nitrogens is 3. The number of hydrogen-bond acceptors (Lipinski definition) is 7. The standard InChI is InChI=1S/C39H44F2N6O4/c1-7-51-38(50)29-18-39(29,28-17-25(14-24(6)35(28)41)34-22(4)15-27(40)16-23(34)5)45-37(49)32(13-21(2)3)44-36(48)31-9-8-10-33(43-31)47-20-26-19-42-12-11-30(26)46-47/h8-10,14-17,20-21,29,32,42H,7,11-13,18-19H2,1-6H3,(H,44,48)(H,45,49)/t29?,32-,39?/m0/s1. The van der Waals surface area contributed by atoms with Crippen LogP contribution < -0.4 is 16.0 Å². The zero-order valence-corrected chi connectivity index (χ0v) is 29.8. The zero-order valence-electron chi connectivity index (χ0n) is 29.8. The first-order valence-corrected chi connectivity index (χ1v) is 17.4. The van der Waals surface area contributed by atoms with Crippen LogP contribution in [0.15, 0.2) is 48.7 Å². The summed E-state index contributed by atoms with van der Waals surface area (Å²) in [7, 11) is 0. The Labute approximate surface area is 296 Å². The molecule has 12 heteroatoms. The summed E-state index contributed by atoms with van der Waals surface area (Å²) in [5.41, 5.74) is 3.87. The maximum atomic E-state index is 16.2. The molecule has 2 aromatic heterocycles. The number of fused-ring (bicyclic) bond motifs is 1. The van der Waals surface area contributed by atoms with Crippen LogP contribution >= 0.6 is 0 Å². The highest BCUT2D eigenvalue weighted by Crippen LogP contribution is 2.54. The van der Waals surface area contributed by atoms with Gasteiger partial charge >= 0.3 is 5.97 Å². The minimum absolute atomic E-state index is 0.00732. The first kappa shape index (κ1) is 35.8. The topological polar surface area (TPSA) is 127 Å². The summed E-state index contributed by atoms with van der Waals surface area (Å²) in [4.78, 5) is 45.6. The van der Waals surface area contributed by atoms with Crippen LogP contribution in [-0.4, -0.2) is 51.7 Å². The van der Waals surface area contributed by atoms with Crippen molar-refractivity contribution >= 4 is 17.8 Å². The molecule has 0 saturated heterocycles. The maximum absolute atomic E-state index is 16.2. The number of amides is 2. The molecule has 3 atom stereocenters. The van der Waals surface area contributed by atoms with Crippen molar-refractivity contribution in [1.29, 1.82) is 0 Å². The summed E-state index contributed by atoms with van der Waals surface area (Å²) >= 11 is 0. The highest BCUT2D eigenvalue weighted by Gasteiger charge is 2.63. The van der Waals surface area contributed by atoms with Crippen LogP contribution in [0.3, 0.4) is 0 Å². The van der Waals surface area contributed by atoms with Gasteiger partial charge in [0.05, 0.1) is 23.8 Å². The average molecular weight is 699 g/mol. The Hall–Kier alpha value is -4.97. The van der Waals surface area contributed by atoms with Gasteiger partial charge in [-0.15, -0.1) is 0 Å². The monoisotopic (exact) mass is 698 g/mol. The van der Waals surface area contributed by atoms with E-state index in [1.807, 2.05) is 20.0 Å². The Bertz CT molecular complexity index is 1960. The highest BCUT2D eigenvalue weighted by molar-refractivity contribution is 5.97. The van der Waals surface area contributed by atoms with Crippen molar-refractivity contribution in [2.24, 2.45) is 11.8 Å². The van der Waals surface area contributed by atoms with Crippen LogP contribution in [-0.2, 0) is 32.8 Å². The van der Waals surface area contributed by atoms with E-state index >= 15 is 4.39 Å². The van der Waals surface area contributed by atoms with Crippen LogP contribution in [0.4, 0.5) is 8.78 Å². The number of carbonyl (C=O) groups is 3. The number of carbonyl (C=O) groups excluding carboxylic acids is 3. The lowest BCUT2D eigenvalue weighted by molar-refractivity contribution is -0.145. The van der Waals surface area contributed by atoms with Gasteiger partial charge in [-0.2, -0.15) is 5.10 Å². The molecule has 51 heavy (non-hydrogen) atoms. The van der Waals surface area contributed by atoms with E-state index in [1.165, 1.54) is 12.1 Å². The molecule has 1 saturated carbocycles. The second kappa shape index (κ2) is 14.3. The molecular formula is C39H44F2N6O4. The molecule has 2 aromatic carbocycles. The van der Waals surface area contributed by atoms with Gasteiger partial charge in [0.2, 0.25) is 5.91 Å². The summed E-state index contributed by atoms with van der Waals surface area (Å²) < 4.78 is 37.4. The number of pyridine rings is 1. The number of nitrogens with one attached hydrogen (secondary N) is 3. The fraction of sp³-hybridized carbons (Fsp3) is 0.410. The predicted molar refractivity (Wildman–Crippen MR) is 188 cm³/mol. The lowest BCUT2D eigenvalue weighted by Crippen LogP contribution is -2.51. The van der Waals surface area contributed by atoms with Crippen molar-refractivity contribution in [3.63, 3.8) is 0 Å². The summed E-state index contributed by atoms with van der Waals surface area (Å²) in [6.45, 7) is 12.4. The van der Waals surface area contributed by atoms with Gasteiger partial charge in [-0.05, 0) is 111 Å². The van der Waals surface area contributed by atoms with E-state index in [2.05, 4.69) is 26.0 Å². The van der Waals surface area contributed by atoms with Crippen LogP contribution in [0, 0.1) is 44.2 Å². The lowest BCUT2D eigenvalue weighted by atomic mass is 9.89. The minimum Gasteiger partial charge on any atom is -0.466 e. The summed E-state index contributed by atoms with van der Waals surface area (Å²) in [6, 6.07) is 10.1. The van der Waals surface area contributed by atoms with Gasteiger partial charge in [0.1, 0.15) is 23.4 Å². The molecule has 2 aliphatic rings. The number of rotatable bonds is 11. The van der Waals surface area contributed by atoms with Gasteiger partial charge in [-0.3, -0.25) is 14.4 Å². The smallest absolute Gasteiger partial charge is 0.311 e. The Kier molecular flexibility index (Phi) is 10.1. The third-order valence-corrected chi connectivity index (χ3v) is 9.66. The Morgan fingerprint density at radius 3 is 2.51 bits per heavy atom. The number of esters is 1. The molecule has 1 aliphatic heterocycles. The molecule has 0 bridgehead atoms. The Morgan fingerprint density at radius 2 is 1.82 bits per heavy atom. The first-order chi connectivity index (χ1) is 24.3. The second-order valence-corrected chi connectivity index (χ2v) is 14.0. The highest BCUT2D eigenvalue weighted by atomic mass is 19.1. The normalized spacial score (nSPS) is 18.6. The average Bonchev–Trinajstić information content (AvgIpc) is 3.63.